The van der Waals surface area contributed by atoms with Crippen molar-refractivity contribution in [3.8, 4) is 22.7 Å². The Morgan fingerprint density at radius 3 is 2.48 bits per heavy atom. The highest BCUT2D eigenvalue weighted by Crippen LogP contribution is 2.32. The minimum atomic E-state index is -0.299. The summed E-state index contributed by atoms with van der Waals surface area (Å²) >= 11 is 0. The molecule has 5 heteroatoms. The molecule has 1 aromatic heterocycles. The maximum absolute atomic E-state index is 13.9. The third kappa shape index (κ3) is 4.82. The van der Waals surface area contributed by atoms with E-state index in [4.69, 9.17) is 9.57 Å². The maximum atomic E-state index is 13.9. The van der Waals surface area contributed by atoms with Crippen LogP contribution in [0.1, 0.15) is 29.3 Å². The van der Waals surface area contributed by atoms with Crippen molar-refractivity contribution in [1.29, 1.82) is 0 Å². The average molecular weight is 443 g/mol. The number of halogens is 1. The normalized spacial score (nSPS) is 11.5. The Bertz CT molecular complexity index is 1310. The molecular formula is C28H27FN2O2. The van der Waals surface area contributed by atoms with Crippen LogP contribution in [-0.2, 0) is 11.4 Å². The van der Waals surface area contributed by atoms with Gasteiger partial charge in [-0.15, -0.1) is 0 Å². The van der Waals surface area contributed by atoms with Gasteiger partial charge >= 0.3 is 0 Å². The van der Waals surface area contributed by atoms with Crippen molar-refractivity contribution >= 4 is 5.71 Å². The monoisotopic (exact) mass is 442 g/mol. The molecule has 0 N–H and O–H groups in total. The maximum Gasteiger partial charge on any atom is 0.145 e. The van der Waals surface area contributed by atoms with Gasteiger partial charge in [-0.05, 0) is 62.7 Å². The summed E-state index contributed by atoms with van der Waals surface area (Å²) in [5, 5.41) is 4.30. The van der Waals surface area contributed by atoms with Crippen molar-refractivity contribution in [2.45, 2.75) is 27.4 Å². The number of hydrogen-bond acceptors (Lipinski definition) is 3. The molecule has 0 saturated carbocycles. The van der Waals surface area contributed by atoms with E-state index in [0.29, 0.717) is 5.56 Å². The smallest absolute Gasteiger partial charge is 0.145 e. The van der Waals surface area contributed by atoms with Crippen molar-refractivity contribution in [3.05, 3.63) is 107 Å². The molecule has 0 aliphatic heterocycles. The number of nitrogens with zero attached hydrogens (tertiary/aromatic N) is 2. The van der Waals surface area contributed by atoms with E-state index in [-0.39, 0.29) is 12.4 Å². The first-order valence-corrected chi connectivity index (χ1v) is 10.8. The van der Waals surface area contributed by atoms with E-state index in [1.807, 2.05) is 25.1 Å². The molecule has 0 aliphatic carbocycles. The molecule has 4 nitrogen and oxygen atoms in total. The summed E-state index contributed by atoms with van der Waals surface area (Å²) in [6.45, 7) is 6.12. The molecule has 4 rings (SSSR count). The second-order valence-electron chi connectivity index (χ2n) is 7.98. The number of aryl methyl sites for hydroxylation is 1. The Morgan fingerprint density at radius 1 is 0.939 bits per heavy atom. The first-order chi connectivity index (χ1) is 16.0. The van der Waals surface area contributed by atoms with Gasteiger partial charge in [-0.25, -0.2) is 4.39 Å². The van der Waals surface area contributed by atoms with Crippen LogP contribution in [0.2, 0.25) is 0 Å². The minimum Gasteiger partial charge on any atom is -0.497 e. The molecule has 0 spiro atoms. The molecule has 4 aromatic rings. The number of hydrogen-bond donors (Lipinski definition) is 0. The Morgan fingerprint density at radius 2 is 1.73 bits per heavy atom. The Balaban J connectivity index is 1.75. The van der Waals surface area contributed by atoms with Gasteiger partial charge in [0.25, 0.3) is 0 Å². The summed E-state index contributed by atoms with van der Waals surface area (Å²) in [7, 11) is 1.67. The van der Waals surface area contributed by atoms with Crippen LogP contribution in [0.25, 0.3) is 16.9 Å². The van der Waals surface area contributed by atoms with E-state index in [2.05, 4.69) is 60.0 Å². The van der Waals surface area contributed by atoms with Crippen LogP contribution in [0.15, 0.2) is 84.0 Å². The van der Waals surface area contributed by atoms with Gasteiger partial charge in [0.05, 0.1) is 18.5 Å². The lowest BCUT2D eigenvalue weighted by molar-refractivity contribution is 0.128. The van der Waals surface area contributed by atoms with Gasteiger partial charge in [0, 0.05) is 28.1 Å². The average Bonchev–Trinajstić information content (AvgIpc) is 3.17. The predicted molar refractivity (Wildman–Crippen MR) is 131 cm³/mol. The van der Waals surface area contributed by atoms with Crippen LogP contribution in [0.3, 0.4) is 0 Å². The van der Waals surface area contributed by atoms with Crippen LogP contribution >= 0.6 is 0 Å². The fourth-order valence-electron chi connectivity index (χ4n) is 3.93. The number of oxime groups is 1. The van der Waals surface area contributed by atoms with E-state index >= 15 is 0 Å². The first kappa shape index (κ1) is 22.3. The zero-order valence-corrected chi connectivity index (χ0v) is 19.3. The Labute approximate surface area is 193 Å². The lowest BCUT2D eigenvalue weighted by atomic mass is 10.1. The highest BCUT2D eigenvalue weighted by atomic mass is 19.1. The van der Waals surface area contributed by atoms with Gasteiger partial charge in [0.15, 0.2) is 0 Å². The summed E-state index contributed by atoms with van der Waals surface area (Å²) in [5.41, 5.74) is 7.49. The van der Waals surface area contributed by atoms with Crippen LogP contribution in [0.4, 0.5) is 4.39 Å². The standard InChI is InChI=1S/C28H27FN2O2/c1-19-9-7-12-24(15-19)31-21(3)26(17-28(31)22-11-8-13-25(16-22)32-4)20(2)30-33-18-23-10-5-6-14-27(23)29/h5-17H,18H2,1-4H3/b30-20-. The zero-order valence-electron chi connectivity index (χ0n) is 19.3. The number of benzene rings is 3. The van der Waals surface area contributed by atoms with Crippen molar-refractivity contribution < 1.29 is 14.0 Å². The van der Waals surface area contributed by atoms with Gasteiger partial charge in [0.1, 0.15) is 18.2 Å². The molecule has 0 atom stereocenters. The fraction of sp³-hybridized carbons (Fsp3) is 0.179. The fourth-order valence-corrected chi connectivity index (χ4v) is 3.93. The molecule has 0 bridgehead atoms. The first-order valence-electron chi connectivity index (χ1n) is 10.8. The third-order valence-electron chi connectivity index (χ3n) is 5.64. The van der Waals surface area contributed by atoms with Gasteiger partial charge in [-0.1, -0.05) is 47.6 Å². The van der Waals surface area contributed by atoms with E-state index in [9.17, 15) is 4.39 Å². The number of aromatic nitrogens is 1. The molecule has 0 saturated heterocycles. The number of methoxy groups -OCH3 is 1. The van der Waals surface area contributed by atoms with E-state index in [1.54, 1.807) is 25.3 Å². The van der Waals surface area contributed by atoms with Gasteiger partial charge in [0.2, 0.25) is 0 Å². The minimum absolute atomic E-state index is 0.0738. The second-order valence-corrected chi connectivity index (χ2v) is 7.98. The van der Waals surface area contributed by atoms with Crippen molar-refractivity contribution in [2.24, 2.45) is 5.16 Å². The molecule has 1 heterocycles. The summed E-state index contributed by atoms with van der Waals surface area (Å²) < 4.78 is 21.5. The lowest BCUT2D eigenvalue weighted by Crippen LogP contribution is -2.03. The van der Waals surface area contributed by atoms with E-state index < -0.39 is 0 Å². The Hall–Kier alpha value is -3.86. The summed E-state index contributed by atoms with van der Waals surface area (Å²) in [4.78, 5) is 5.51. The SMILES string of the molecule is COc1cccc(-c2cc(/C(C)=N\OCc3ccccc3F)c(C)n2-c2cccc(C)c2)c1. The summed E-state index contributed by atoms with van der Waals surface area (Å²) in [6.07, 6.45) is 0. The van der Waals surface area contributed by atoms with Crippen LogP contribution in [0, 0.1) is 19.7 Å². The van der Waals surface area contributed by atoms with Crippen LogP contribution in [-0.4, -0.2) is 17.4 Å². The van der Waals surface area contributed by atoms with Crippen LogP contribution in [0.5, 0.6) is 5.75 Å². The zero-order chi connectivity index (χ0) is 23.4. The third-order valence-corrected chi connectivity index (χ3v) is 5.64. The van der Waals surface area contributed by atoms with Crippen LogP contribution < -0.4 is 4.74 Å². The topological polar surface area (TPSA) is 35.8 Å². The van der Waals surface area contributed by atoms with Crippen molar-refractivity contribution in [3.63, 3.8) is 0 Å². The lowest BCUT2D eigenvalue weighted by Gasteiger charge is -2.14. The molecule has 33 heavy (non-hydrogen) atoms. The quantitative estimate of drug-likeness (QED) is 0.232. The predicted octanol–water partition coefficient (Wildman–Crippen LogP) is 6.85. The molecule has 3 aromatic carbocycles. The highest BCUT2D eigenvalue weighted by Gasteiger charge is 2.17. The van der Waals surface area contributed by atoms with E-state index in [0.717, 1.165) is 39.7 Å². The van der Waals surface area contributed by atoms with E-state index in [1.165, 1.54) is 11.6 Å². The Kier molecular flexibility index (Phi) is 6.59. The molecule has 168 valence electrons. The highest BCUT2D eigenvalue weighted by molar-refractivity contribution is 6.01. The molecule has 0 amide bonds. The molecule has 0 unspecified atom stereocenters. The second kappa shape index (κ2) is 9.74. The molecule has 0 radical (unpaired) electrons. The van der Waals surface area contributed by atoms with Crippen molar-refractivity contribution in [2.75, 3.05) is 7.11 Å². The van der Waals surface area contributed by atoms with Gasteiger partial charge in [-0.2, -0.15) is 0 Å². The molecular weight excluding hydrogens is 415 g/mol. The van der Waals surface area contributed by atoms with Crippen molar-refractivity contribution in [1.82, 2.24) is 4.57 Å². The number of rotatable bonds is 7. The van der Waals surface area contributed by atoms with Gasteiger partial charge < -0.3 is 14.1 Å². The largest absolute Gasteiger partial charge is 0.497 e. The summed E-state index contributed by atoms with van der Waals surface area (Å²) in [6, 6.07) is 25.0. The molecule has 0 aliphatic rings. The molecule has 0 fully saturated rings. The number of ether oxygens (including phenoxy) is 1. The summed E-state index contributed by atoms with van der Waals surface area (Å²) in [5.74, 6) is 0.495. The van der Waals surface area contributed by atoms with Gasteiger partial charge in [-0.3, -0.25) is 0 Å².